The number of hydrogen-bond acceptors (Lipinski definition) is 6. The Labute approximate surface area is 174 Å². The summed E-state index contributed by atoms with van der Waals surface area (Å²) in [7, 11) is 0. The summed E-state index contributed by atoms with van der Waals surface area (Å²) in [6, 6.07) is 9.88. The molecule has 1 aromatic carbocycles. The molecular weight excluding hydrogens is 388 g/mol. The van der Waals surface area contributed by atoms with Gasteiger partial charge in [0.25, 0.3) is 5.91 Å². The predicted molar refractivity (Wildman–Crippen MR) is 114 cm³/mol. The Balaban J connectivity index is 1.45. The number of hydrogen-bond donors (Lipinski definition) is 1. The van der Waals surface area contributed by atoms with E-state index in [0.29, 0.717) is 18.7 Å². The molecule has 3 rings (SSSR count). The first-order valence-electron chi connectivity index (χ1n) is 9.86. The van der Waals surface area contributed by atoms with E-state index in [-0.39, 0.29) is 24.3 Å². The van der Waals surface area contributed by atoms with Crippen molar-refractivity contribution in [1.29, 1.82) is 0 Å². The molecule has 8 heteroatoms. The first-order chi connectivity index (χ1) is 14.0. The van der Waals surface area contributed by atoms with E-state index in [4.69, 9.17) is 4.74 Å². The number of nitrogens with one attached hydrogen (secondary N) is 1. The minimum absolute atomic E-state index is 0.167. The zero-order valence-corrected chi connectivity index (χ0v) is 17.7. The van der Waals surface area contributed by atoms with E-state index in [1.165, 1.54) is 0 Å². The lowest BCUT2D eigenvalue weighted by Gasteiger charge is -2.16. The van der Waals surface area contributed by atoms with Crippen molar-refractivity contribution in [3.05, 3.63) is 41.5 Å². The van der Waals surface area contributed by atoms with Crippen molar-refractivity contribution >= 4 is 39.2 Å². The maximum atomic E-state index is 12.4. The van der Waals surface area contributed by atoms with Gasteiger partial charge in [-0.25, -0.2) is 9.67 Å². The molecule has 0 saturated carbocycles. The molecule has 0 radical (unpaired) electrons. The normalized spacial score (nSPS) is 13.2. The number of anilines is 1. The van der Waals surface area contributed by atoms with Gasteiger partial charge in [-0.05, 0) is 45.2 Å². The number of fused-ring (bicyclic) bond motifs is 1. The number of nitrogens with zero attached hydrogens (tertiary/aromatic N) is 3. The van der Waals surface area contributed by atoms with Crippen LogP contribution in [0, 0.1) is 0 Å². The molecule has 1 N–H and O–H groups in total. The Kier molecular flexibility index (Phi) is 6.98. The number of amides is 1. The minimum Gasteiger partial charge on any atom is -0.453 e. The number of rotatable bonds is 9. The highest BCUT2D eigenvalue weighted by Crippen LogP contribution is 2.23. The fourth-order valence-corrected chi connectivity index (χ4v) is 3.89. The van der Waals surface area contributed by atoms with Crippen molar-refractivity contribution < 1.29 is 14.3 Å². The average Bonchev–Trinajstić information content (AvgIpc) is 3.33. The number of carbonyl (C=O) groups is 2. The Morgan fingerprint density at radius 1 is 1.24 bits per heavy atom. The van der Waals surface area contributed by atoms with Gasteiger partial charge in [-0.1, -0.05) is 19.1 Å². The summed E-state index contributed by atoms with van der Waals surface area (Å²) in [5.41, 5.74) is 0.983. The fraction of sp³-hybridized carbons (Fsp3) is 0.429. The fourth-order valence-electron chi connectivity index (χ4n) is 2.89. The molecular formula is C21H26N4O3S. The molecule has 2 aromatic heterocycles. The van der Waals surface area contributed by atoms with Gasteiger partial charge in [0.2, 0.25) is 0 Å². The van der Waals surface area contributed by atoms with Crippen LogP contribution in [0.5, 0.6) is 0 Å². The number of esters is 1. The van der Waals surface area contributed by atoms with Crippen LogP contribution in [-0.2, 0) is 20.7 Å². The van der Waals surface area contributed by atoms with E-state index in [2.05, 4.69) is 22.3 Å². The van der Waals surface area contributed by atoms with E-state index in [0.717, 1.165) is 21.6 Å². The van der Waals surface area contributed by atoms with Gasteiger partial charge in [-0.2, -0.15) is 5.10 Å². The van der Waals surface area contributed by atoms with Crippen LogP contribution < -0.4 is 5.32 Å². The van der Waals surface area contributed by atoms with E-state index in [1.54, 1.807) is 35.2 Å². The Bertz CT molecular complexity index is 948. The topological polar surface area (TPSA) is 86.1 Å². The van der Waals surface area contributed by atoms with Gasteiger partial charge in [-0.15, -0.1) is 11.3 Å². The molecule has 3 aromatic rings. The summed E-state index contributed by atoms with van der Waals surface area (Å²) >= 11 is 1.64. The molecule has 0 saturated heterocycles. The summed E-state index contributed by atoms with van der Waals surface area (Å²) in [6.07, 6.45) is 3.25. The number of aryl methyl sites for hydroxylation is 1. The molecule has 154 valence electrons. The predicted octanol–water partition coefficient (Wildman–Crippen LogP) is 4.36. The van der Waals surface area contributed by atoms with Gasteiger partial charge in [0, 0.05) is 12.5 Å². The highest BCUT2D eigenvalue weighted by molar-refractivity contribution is 7.18. The zero-order chi connectivity index (χ0) is 20.8. The van der Waals surface area contributed by atoms with Crippen molar-refractivity contribution in [2.45, 2.75) is 58.6 Å². The number of carbonyl (C=O) groups excluding carboxylic acids is 2. The molecule has 0 spiro atoms. The van der Waals surface area contributed by atoms with Gasteiger partial charge < -0.3 is 10.1 Å². The molecule has 2 atom stereocenters. The van der Waals surface area contributed by atoms with Crippen LogP contribution in [-0.4, -0.2) is 32.7 Å². The lowest BCUT2D eigenvalue weighted by Crippen LogP contribution is -2.31. The zero-order valence-electron chi connectivity index (χ0n) is 16.9. The van der Waals surface area contributed by atoms with Crippen LogP contribution in [0.2, 0.25) is 0 Å². The monoisotopic (exact) mass is 414 g/mol. The smallest absolute Gasteiger partial charge is 0.306 e. The molecule has 29 heavy (non-hydrogen) atoms. The Hall–Kier alpha value is -2.74. The highest BCUT2D eigenvalue weighted by Gasteiger charge is 2.20. The van der Waals surface area contributed by atoms with Gasteiger partial charge in [0.1, 0.15) is 5.82 Å². The molecule has 0 fully saturated rings. The minimum atomic E-state index is -0.870. The van der Waals surface area contributed by atoms with E-state index < -0.39 is 6.10 Å². The number of ether oxygens (including phenoxy) is 1. The van der Waals surface area contributed by atoms with E-state index >= 15 is 0 Å². The van der Waals surface area contributed by atoms with Crippen molar-refractivity contribution in [3.8, 4) is 0 Å². The van der Waals surface area contributed by atoms with Crippen molar-refractivity contribution in [1.82, 2.24) is 14.8 Å². The van der Waals surface area contributed by atoms with Crippen molar-refractivity contribution in [2.75, 3.05) is 5.32 Å². The molecule has 0 aliphatic rings. The molecule has 0 unspecified atom stereocenters. The summed E-state index contributed by atoms with van der Waals surface area (Å²) in [5.74, 6) is -0.151. The summed E-state index contributed by atoms with van der Waals surface area (Å²) in [4.78, 5) is 29.0. The molecule has 1 amide bonds. The number of benzene rings is 1. The lowest BCUT2D eigenvalue weighted by atomic mass is 10.2. The first-order valence-corrected chi connectivity index (χ1v) is 10.7. The standard InChI is InChI=1S/C21H26N4O3S/c1-4-14(2)25-18(12-13-22-25)24-21(27)15(3)28-20(26)11-7-10-19-23-16-8-5-6-9-17(16)29-19/h5-6,8-9,12-15H,4,7,10-11H2,1-3H3,(H,24,27)/t14-,15-/m1/s1. The summed E-state index contributed by atoms with van der Waals surface area (Å²) in [6.45, 7) is 5.65. The van der Waals surface area contributed by atoms with Gasteiger partial charge in [-0.3, -0.25) is 9.59 Å². The quantitative estimate of drug-likeness (QED) is 0.526. The first kappa shape index (κ1) is 21.0. The van der Waals surface area contributed by atoms with Crippen molar-refractivity contribution in [2.24, 2.45) is 0 Å². The SMILES string of the molecule is CC[C@@H](C)n1nccc1NC(=O)[C@@H](C)OC(=O)CCCc1nc2ccccc2s1. The van der Waals surface area contributed by atoms with E-state index in [9.17, 15) is 9.59 Å². The third-order valence-corrected chi connectivity index (χ3v) is 5.81. The van der Waals surface area contributed by atoms with Crippen LogP contribution >= 0.6 is 11.3 Å². The van der Waals surface area contributed by atoms with Crippen LogP contribution in [0.1, 0.15) is 51.1 Å². The van der Waals surface area contributed by atoms with Crippen LogP contribution in [0.4, 0.5) is 5.82 Å². The van der Waals surface area contributed by atoms with Gasteiger partial charge in [0.05, 0.1) is 27.5 Å². The van der Waals surface area contributed by atoms with Crippen LogP contribution in [0.3, 0.4) is 0 Å². The molecule has 0 aliphatic carbocycles. The van der Waals surface area contributed by atoms with Gasteiger partial charge in [0.15, 0.2) is 6.10 Å². The second kappa shape index (κ2) is 9.65. The third kappa shape index (κ3) is 5.41. The lowest BCUT2D eigenvalue weighted by molar-refractivity contribution is -0.153. The van der Waals surface area contributed by atoms with Crippen molar-refractivity contribution in [3.63, 3.8) is 0 Å². The van der Waals surface area contributed by atoms with Gasteiger partial charge >= 0.3 is 5.97 Å². The second-order valence-corrected chi connectivity index (χ2v) is 8.08. The highest BCUT2D eigenvalue weighted by atomic mass is 32.1. The number of thiazole rings is 1. The average molecular weight is 415 g/mol. The molecule has 2 heterocycles. The maximum absolute atomic E-state index is 12.4. The van der Waals surface area contributed by atoms with Crippen LogP contribution in [0.25, 0.3) is 10.2 Å². The van der Waals surface area contributed by atoms with E-state index in [1.807, 2.05) is 31.2 Å². The molecule has 7 nitrogen and oxygen atoms in total. The largest absolute Gasteiger partial charge is 0.453 e. The Morgan fingerprint density at radius 3 is 2.79 bits per heavy atom. The second-order valence-electron chi connectivity index (χ2n) is 6.97. The Morgan fingerprint density at radius 2 is 2.03 bits per heavy atom. The number of aromatic nitrogens is 3. The summed E-state index contributed by atoms with van der Waals surface area (Å²) < 4.78 is 8.19. The molecule has 0 aliphatic heterocycles. The van der Waals surface area contributed by atoms with Crippen LogP contribution in [0.15, 0.2) is 36.5 Å². The third-order valence-electron chi connectivity index (χ3n) is 4.72. The molecule has 0 bridgehead atoms. The summed E-state index contributed by atoms with van der Waals surface area (Å²) in [5, 5.41) is 8.02. The number of para-hydroxylation sites is 1. The maximum Gasteiger partial charge on any atom is 0.306 e.